The summed E-state index contributed by atoms with van der Waals surface area (Å²) >= 11 is 0. The largest absolute Gasteiger partial charge is 0.0998 e. The zero-order valence-corrected chi connectivity index (χ0v) is 7.51. The van der Waals surface area contributed by atoms with E-state index in [1.807, 2.05) is 0 Å². The van der Waals surface area contributed by atoms with Crippen molar-refractivity contribution in [1.82, 2.24) is 0 Å². The molecule has 1 aromatic carbocycles. The fourth-order valence-electron chi connectivity index (χ4n) is 1.90. The second kappa shape index (κ2) is 2.78. The lowest BCUT2D eigenvalue weighted by Gasteiger charge is -2.29. The topological polar surface area (TPSA) is 0 Å². The fourth-order valence-corrected chi connectivity index (χ4v) is 1.90. The molecule has 0 saturated heterocycles. The molecule has 0 heterocycles. The summed E-state index contributed by atoms with van der Waals surface area (Å²) < 4.78 is 0. The molecule has 0 aliphatic heterocycles. The van der Waals surface area contributed by atoms with Crippen LogP contribution in [0, 0.1) is 6.92 Å². The van der Waals surface area contributed by atoms with E-state index in [0.717, 1.165) is 5.92 Å². The molecule has 0 N–H and O–H groups in total. The van der Waals surface area contributed by atoms with Gasteiger partial charge in [-0.2, -0.15) is 0 Å². The van der Waals surface area contributed by atoms with Crippen LogP contribution in [0.2, 0.25) is 0 Å². The molecule has 0 amide bonds. The summed E-state index contributed by atoms with van der Waals surface area (Å²) in [6, 6.07) is 8.67. The van der Waals surface area contributed by atoms with Gasteiger partial charge < -0.3 is 0 Å². The predicted molar refractivity (Wildman–Crippen MR) is 52.3 cm³/mol. The van der Waals surface area contributed by atoms with Crippen LogP contribution >= 0.6 is 0 Å². The van der Waals surface area contributed by atoms with E-state index in [1.165, 1.54) is 29.5 Å². The molecular weight excluding hydrogens is 144 g/mol. The van der Waals surface area contributed by atoms with E-state index in [-0.39, 0.29) is 0 Å². The highest BCUT2D eigenvalue weighted by atomic mass is 14.3. The maximum atomic E-state index is 3.97. The van der Waals surface area contributed by atoms with Crippen LogP contribution in [0.3, 0.4) is 0 Å². The number of hydrogen-bond donors (Lipinski definition) is 0. The Bertz CT molecular complexity index is 302. The van der Waals surface area contributed by atoms with Crippen LogP contribution in [-0.4, -0.2) is 0 Å². The minimum absolute atomic E-state index is 0.763. The molecule has 0 spiro atoms. The van der Waals surface area contributed by atoms with Crippen molar-refractivity contribution in [2.24, 2.45) is 0 Å². The highest BCUT2D eigenvalue weighted by Gasteiger charge is 2.23. The van der Waals surface area contributed by atoms with Gasteiger partial charge in [0.05, 0.1) is 0 Å². The van der Waals surface area contributed by atoms with E-state index in [9.17, 15) is 0 Å². The second-order valence-electron chi connectivity index (χ2n) is 3.71. The molecule has 1 saturated carbocycles. The second-order valence-corrected chi connectivity index (χ2v) is 3.71. The van der Waals surface area contributed by atoms with Gasteiger partial charge in [0.2, 0.25) is 0 Å². The summed E-state index contributed by atoms with van der Waals surface area (Å²) in [6.07, 6.45) is 2.40. The van der Waals surface area contributed by atoms with E-state index in [4.69, 9.17) is 0 Å². The molecule has 0 heteroatoms. The van der Waals surface area contributed by atoms with Gasteiger partial charge in [-0.1, -0.05) is 36.4 Å². The maximum Gasteiger partial charge on any atom is -0.00851 e. The highest BCUT2D eigenvalue weighted by Crippen LogP contribution is 2.40. The monoisotopic (exact) mass is 158 g/mol. The molecule has 1 aliphatic rings. The zero-order valence-electron chi connectivity index (χ0n) is 7.51. The van der Waals surface area contributed by atoms with Gasteiger partial charge in [-0.15, -0.1) is 0 Å². The Morgan fingerprint density at radius 1 is 1.25 bits per heavy atom. The van der Waals surface area contributed by atoms with E-state index in [0.29, 0.717) is 0 Å². The van der Waals surface area contributed by atoms with Gasteiger partial charge in [0.15, 0.2) is 0 Å². The first-order valence-corrected chi connectivity index (χ1v) is 4.49. The van der Waals surface area contributed by atoms with Crippen LogP contribution in [0.4, 0.5) is 0 Å². The van der Waals surface area contributed by atoms with E-state index in [1.54, 1.807) is 0 Å². The van der Waals surface area contributed by atoms with Crippen LogP contribution in [0.15, 0.2) is 36.4 Å². The fraction of sp³-hybridized carbons (Fsp3) is 0.333. The summed E-state index contributed by atoms with van der Waals surface area (Å²) in [5.41, 5.74) is 4.35. The van der Waals surface area contributed by atoms with Gasteiger partial charge in [-0.25, -0.2) is 0 Å². The Balaban J connectivity index is 2.23. The number of rotatable bonds is 1. The first-order chi connectivity index (χ1) is 5.77. The number of hydrogen-bond acceptors (Lipinski definition) is 0. The average Bonchev–Trinajstić information content (AvgIpc) is 2.01. The third-order valence-corrected chi connectivity index (χ3v) is 2.70. The van der Waals surface area contributed by atoms with Gasteiger partial charge in [0.1, 0.15) is 0 Å². The Kier molecular flexibility index (Phi) is 1.76. The first kappa shape index (κ1) is 7.60. The van der Waals surface area contributed by atoms with Crippen molar-refractivity contribution in [3.05, 3.63) is 47.5 Å². The van der Waals surface area contributed by atoms with Gasteiger partial charge in [0.25, 0.3) is 0 Å². The first-order valence-electron chi connectivity index (χ1n) is 4.49. The summed E-state index contributed by atoms with van der Waals surface area (Å²) in [4.78, 5) is 0. The number of benzene rings is 1. The van der Waals surface area contributed by atoms with Crippen molar-refractivity contribution >= 4 is 0 Å². The van der Waals surface area contributed by atoms with E-state index in [2.05, 4.69) is 37.8 Å². The molecule has 1 fully saturated rings. The number of allylic oxidation sites excluding steroid dienone is 1. The molecule has 0 radical (unpaired) electrons. The van der Waals surface area contributed by atoms with E-state index < -0.39 is 0 Å². The Labute approximate surface area is 73.9 Å². The lowest BCUT2D eigenvalue weighted by Crippen LogP contribution is -2.12. The molecule has 12 heavy (non-hydrogen) atoms. The lowest BCUT2D eigenvalue weighted by molar-refractivity contribution is 0.550. The summed E-state index contributed by atoms with van der Waals surface area (Å²) in [5.74, 6) is 0.763. The lowest BCUT2D eigenvalue weighted by atomic mass is 9.75. The quantitative estimate of drug-likeness (QED) is 0.549. The summed E-state index contributed by atoms with van der Waals surface area (Å²) in [7, 11) is 0. The number of aryl methyl sites for hydroxylation is 1. The molecule has 1 aromatic rings. The Morgan fingerprint density at radius 2 is 1.92 bits per heavy atom. The van der Waals surface area contributed by atoms with Crippen molar-refractivity contribution in [2.75, 3.05) is 0 Å². The predicted octanol–water partition coefficient (Wildman–Crippen LogP) is 3.43. The maximum absolute atomic E-state index is 3.97. The zero-order chi connectivity index (χ0) is 8.55. The molecule has 0 atom stereocenters. The van der Waals surface area contributed by atoms with Crippen LogP contribution < -0.4 is 0 Å². The van der Waals surface area contributed by atoms with E-state index >= 15 is 0 Å². The Morgan fingerprint density at radius 3 is 2.50 bits per heavy atom. The Hall–Kier alpha value is -1.04. The molecule has 0 nitrogen and oxygen atoms in total. The molecule has 0 aromatic heterocycles. The van der Waals surface area contributed by atoms with Gasteiger partial charge >= 0.3 is 0 Å². The van der Waals surface area contributed by atoms with Crippen LogP contribution in [-0.2, 0) is 0 Å². The van der Waals surface area contributed by atoms with Crippen LogP contribution in [0.25, 0.3) is 0 Å². The minimum Gasteiger partial charge on any atom is -0.0998 e. The van der Waals surface area contributed by atoms with Crippen LogP contribution in [0.1, 0.15) is 29.9 Å². The standard InChI is InChI=1S/C12H14/c1-9-7-11(8-9)12-6-4-3-5-10(12)2/h3-6,11H,1,7-8H2,2H3. The van der Waals surface area contributed by atoms with Gasteiger partial charge in [-0.05, 0) is 36.8 Å². The molecule has 62 valence electrons. The third-order valence-electron chi connectivity index (χ3n) is 2.70. The van der Waals surface area contributed by atoms with Crippen molar-refractivity contribution < 1.29 is 0 Å². The molecule has 1 aliphatic carbocycles. The highest BCUT2D eigenvalue weighted by molar-refractivity contribution is 5.34. The average molecular weight is 158 g/mol. The van der Waals surface area contributed by atoms with Gasteiger partial charge in [-0.3, -0.25) is 0 Å². The third kappa shape index (κ3) is 1.18. The van der Waals surface area contributed by atoms with Crippen molar-refractivity contribution in [3.63, 3.8) is 0 Å². The molecule has 0 bridgehead atoms. The van der Waals surface area contributed by atoms with Crippen LogP contribution in [0.5, 0.6) is 0 Å². The smallest absolute Gasteiger partial charge is 0.00851 e. The molecular formula is C12H14. The van der Waals surface area contributed by atoms with Crippen molar-refractivity contribution in [3.8, 4) is 0 Å². The summed E-state index contributed by atoms with van der Waals surface area (Å²) in [5, 5.41) is 0. The van der Waals surface area contributed by atoms with Crippen molar-refractivity contribution in [2.45, 2.75) is 25.7 Å². The SMILES string of the molecule is C=C1CC(c2ccccc2C)C1. The van der Waals surface area contributed by atoms with Gasteiger partial charge in [0, 0.05) is 0 Å². The molecule has 2 rings (SSSR count). The molecule has 0 unspecified atom stereocenters. The normalized spacial score (nSPS) is 17.6. The van der Waals surface area contributed by atoms with Crippen molar-refractivity contribution in [1.29, 1.82) is 0 Å². The summed E-state index contributed by atoms with van der Waals surface area (Å²) in [6.45, 7) is 6.16. The minimum atomic E-state index is 0.763.